The van der Waals surface area contributed by atoms with E-state index >= 15 is 0 Å². The summed E-state index contributed by atoms with van der Waals surface area (Å²) in [5.74, 6) is 1.02. The SMILES string of the molecule is Nc1c(-c2nc(N)c3ccccc3n2)ccc2ccccc12. The standard InChI is InChI=1S/C18H14N4/c19-16-12-6-2-1-5-11(12)9-10-14(16)18-21-15-8-4-3-7-13(15)17(20)22-18/h1-10H,19H2,(H2,20,21,22). The number of hydrogen-bond acceptors (Lipinski definition) is 4. The summed E-state index contributed by atoms with van der Waals surface area (Å²) in [6, 6.07) is 19.7. The van der Waals surface area contributed by atoms with E-state index in [4.69, 9.17) is 11.5 Å². The van der Waals surface area contributed by atoms with Crippen molar-refractivity contribution >= 4 is 33.2 Å². The van der Waals surface area contributed by atoms with Crippen LogP contribution in [0.5, 0.6) is 0 Å². The minimum absolute atomic E-state index is 0.466. The highest BCUT2D eigenvalue weighted by Gasteiger charge is 2.11. The second-order valence-corrected chi connectivity index (χ2v) is 5.20. The Morgan fingerprint density at radius 3 is 2.27 bits per heavy atom. The number of rotatable bonds is 1. The maximum atomic E-state index is 6.32. The fraction of sp³-hybridized carbons (Fsp3) is 0. The minimum atomic E-state index is 0.466. The topological polar surface area (TPSA) is 77.8 Å². The van der Waals surface area contributed by atoms with Crippen LogP contribution >= 0.6 is 0 Å². The van der Waals surface area contributed by atoms with Gasteiger partial charge in [-0.3, -0.25) is 0 Å². The Morgan fingerprint density at radius 2 is 1.41 bits per heavy atom. The van der Waals surface area contributed by atoms with Gasteiger partial charge in [-0.05, 0) is 23.6 Å². The predicted molar refractivity (Wildman–Crippen MR) is 91.3 cm³/mol. The Labute approximate surface area is 127 Å². The molecule has 106 valence electrons. The average Bonchev–Trinajstić information content (AvgIpc) is 2.55. The molecule has 0 amide bonds. The normalized spacial score (nSPS) is 11.1. The molecule has 0 fully saturated rings. The first-order valence-electron chi connectivity index (χ1n) is 7.04. The van der Waals surface area contributed by atoms with E-state index in [2.05, 4.69) is 9.97 Å². The molecule has 0 bridgehead atoms. The highest BCUT2D eigenvalue weighted by atomic mass is 14.9. The van der Waals surface area contributed by atoms with E-state index in [0.717, 1.165) is 27.2 Å². The third kappa shape index (κ3) is 1.85. The van der Waals surface area contributed by atoms with Gasteiger partial charge in [0.15, 0.2) is 5.82 Å². The molecule has 0 aliphatic heterocycles. The lowest BCUT2D eigenvalue weighted by molar-refractivity contribution is 1.24. The van der Waals surface area contributed by atoms with Crippen molar-refractivity contribution in [2.75, 3.05) is 11.5 Å². The summed E-state index contributed by atoms with van der Waals surface area (Å²) in [6.07, 6.45) is 0. The molecule has 0 spiro atoms. The Kier molecular flexibility index (Phi) is 2.69. The number of hydrogen-bond donors (Lipinski definition) is 2. The highest BCUT2D eigenvalue weighted by Crippen LogP contribution is 2.32. The van der Waals surface area contributed by atoms with Crippen molar-refractivity contribution in [2.45, 2.75) is 0 Å². The van der Waals surface area contributed by atoms with Crippen LogP contribution in [0.4, 0.5) is 11.5 Å². The van der Waals surface area contributed by atoms with Crippen LogP contribution in [0.1, 0.15) is 0 Å². The van der Waals surface area contributed by atoms with Crippen LogP contribution in [0.3, 0.4) is 0 Å². The van der Waals surface area contributed by atoms with Gasteiger partial charge in [0, 0.05) is 16.3 Å². The molecule has 4 aromatic rings. The molecular weight excluding hydrogens is 272 g/mol. The molecule has 22 heavy (non-hydrogen) atoms. The van der Waals surface area contributed by atoms with Crippen molar-refractivity contribution in [3.8, 4) is 11.4 Å². The van der Waals surface area contributed by atoms with E-state index in [1.54, 1.807) is 0 Å². The molecule has 0 aliphatic rings. The molecule has 0 saturated carbocycles. The quantitative estimate of drug-likeness (QED) is 0.524. The molecule has 1 aromatic heterocycles. The third-order valence-electron chi connectivity index (χ3n) is 3.84. The van der Waals surface area contributed by atoms with E-state index in [1.807, 2.05) is 60.7 Å². The van der Waals surface area contributed by atoms with Crippen molar-refractivity contribution in [3.63, 3.8) is 0 Å². The van der Waals surface area contributed by atoms with Crippen molar-refractivity contribution in [2.24, 2.45) is 0 Å². The first-order valence-corrected chi connectivity index (χ1v) is 7.04. The first kappa shape index (κ1) is 12.6. The van der Waals surface area contributed by atoms with Crippen LogP contribution in [-0.4, -0.2) is 9.97 Å². The monoisotopic (exact) mass is 286 g/mol. The van der Waals surface area contributed by atoms with Crippen molar-refractivity contribution in [1.29, 1.82) is 0 Å². The summed E-state index contributed by atoms with van der Waals surface area (Å²) in [4.78, 5) is 9.03. The molecule has 3 aromatic carbocycles. The number of benzene rings is 3. The van der Waals surface area contributed by atoms with Gasteiger partial charge in [-0.25, -0.2) is 9.97 Å². The second kappa shape index (κ2) is 4.70. The molecule has 1 heterocycles. The third-order valence-corrected chi connectivity index (χ3v) is 3.84. The van der Waals surface area contributed by atoms with E-state index in [9.17, 15) is 0 Å². The minimum Gasteiger partial charge on any atom is -0.398 e. The predicted octanol–water partition coefficient (Wildman–Crippen LogP) is 3.61. The molecule has 4 N–H and O–H groups in total. The Morgan fingerprint density at radius 1 is 0.682 bits per heavy atom. The van der Waals surface area contributed by atoms with Crippen molar-refractivity contribution in [1.82, 2.24) is 9.97 Å². The number of nitrogens with two attached hydrogens (primary N) is 2. The van der Waals surface area contributed by atoms with Crippen LogP contribution in [0.2, 0.25) is 0 Å². The molecule has 4 heteroatoms. The lowest BCUT2D eigenvalue weighted by atomic mass is 10.0. The largest absolute Gasteiger partial charge is 0.398 e. The summed E-state index contributed by atoms with van der Waals surface area (Å²) in [5.41, 5.74) is 14.7. The lowest BCUT2D eigenvalue weighted by Gasteiger charge is -2.10. The smallest absolute Gasteiger partial charge is 0.164 e. The van der Waals surface area contributed by atoms with Gasteiger partial charge in [0.1, 0.15) is 5.82 Å². The molecule has 0 aliphatic carbocycles. The van der Waals surface area contributed by atoms with E-state index in [1.165, 1.54) is 0 Å². The zero-order valence-corrected chi connectivity index (χ0v) is 11.8. The van der Waals surface area contributed by atoms with E-state index in [-0.39, 0.29) is 0 Å². The number of nitrogen functional groups attached to an aromatic ring is 2. The van der Waals surface area contributed by atoms with Crippen LogP contribution in [0, 0.1) is 0 Å². The van der Waals surface area contributed by atoms with E-state index in [0.29, 0.717) is 17.3 Å². The molecule has 4 rings (SSSR count). The molecule has 0 radical (unpaired) electrons. The van der Waals surface area contributed by atoms with Gasteiger partial charge in [-0.15, -0.1) is 0 Å². The molecule has 4 nitrogen and oxygen atoms in total. The van der Waals surface area contributed by atoms with Crippen LogP contribution in [-0.2, 0) is 0 Å². The molecular formula is C18H14N4. The van der Waals surface area contributed by atoms with E-state index < -0.39 is 0 Å². The maximum absolute atomic E-state index is 6.32. The zero-order chi connectivity index (χ0) is 15.1. The van der Waals surface area contributed by atoms with Gasteiger partial charge in [0.05, 0.1) is 11.2 Å². The van der Waals surface area contributed by atoms with Gasteiger partial charge >= 0.3 is 0 Å². The summed E-state index contributed by atoms with van der Waals surface area (Å²) in [5, 5.41) is 2.94. The average molecular weight is 286 g/mol. The fourth-order valence-corrected chi connectivity index (χ4v) is 2.71. The number of fused-ring (bicyclic) bond motifs is 2. The van der Waals surface area contributed by atoms with Crippen LogP contribution in [0.25, 0.3) is 33.1 Å². The Balaban J connectivity index is 2.01. The molecule has 0 unspecified atom stereocenters. The second-order valence-electron chi connectivity index (χ2n) is 5.20. The zero-order valence-electron chi connectivity index (χ0n) is 11.8. The number of para-hydroxylation sites is 1. The van der Waals surface area contributed by atoms with Gasteiger partial charge in [-0.1, -0.05) is 42.5 Å². The van der Waals surface area contributed by atoms with Crippen molar-refractivity contribution in [3.05, 3.63) is 60.7 Å². The van der Waals surface area contributed by atoms with Gasteiger partial charge < -0.3 is 11.5 Å². The maximum Gasteiger partial charge on any atom is 0.164 e. The fourth-order valence-electron chi connectivity index (χ4n) is 2.71. The van der Waals surface area contributed by atoms with Gasteiger partial charge in [0.25, 0.3) is 0 Å². The summed E-state index contributed by atoms with van der Waals surface area (Å²) < 4.78 is 0. The number of anilines is 2. The summed E-state index contributed by atoms with van der Waals surface area (Å²) in [7, 11) is 0. The highest BCUT2D eigenvalue weighted by molar-refractivity contribution is 6.00. The Hall–Kier alpha value is -3.14. The summed E-state index contributed by atoms with van der Waals surface area (Å²) >= 11 is 0. The summed E-state index contributed by atoms with van der Waals surface area (Å²) in [6.45, 7) is 0. The Bertz CT molecular complexity index is 1010. The first-order chi connectivity index (χ1) is 10.7. The van der Waals surface area contributed by atoms with Crippen LogP contribution in [0.15, 0.2) is 60.7 Å². The van der Waals surface area contributed by atoms with Crippen molar-refractivity contribution < 1.29 is 0 Å². The molecule has 0 atom stereocenters. The van der Waals surface area contributed by atoms with Gasteiger partial charge in [0.2, 0.25) is 0 Å². The van der Waals surface area contributed by atoms with Crippen LogP contribution < -0.4 is 11.5 Å². The lowest BCUT2D eigenvalue weighted by Crippen LogP contribution is -2.00. The van der Waals surface area contributed by atoms with Gasteiger partial charge in [-0.2, -0.15) is 0 Å². The number of aromatic nitrogens is 2. The molecule has 0 saturated heterocycles. The number of nitrogens with zero attached hydrogens (tertiary/aromatic N) is 2.